The fourth-order valence-corrected chi connectivity index (χ4v) is 1.71. The van der Waals surface area contributed by atoms with Crippen LogP contribution in [0.1, 0.15) is 0 Å². The first-order valence-electron chi connectivity index (χ1n) is 5.34. The maximum Gasteiger partial charge on any atom is 0.227 e. The molecule has 2 heterocycles. The molecule has 0 atom stereocenters. The van der Waals surface area contributed by atoms with Crippen LogP contribution < -0.4 is 34.3 Å². The number of nitrogens with two attached hydrogens (primary N) is 1. The van der Waals surface area contributed by atoms with Gasteiger partial charge >= 0.3 is 0 Å². The van der Waals surface area contributed by atoms with Crippen molar-refractivity contribution < 1.29 is 33.0 Å². The van der Waals surface area contributed by atoms with Crippen LogP contribution in [-0.4, -0.2) is 4.98 Å². The Morgan fingerprint density at radius 2 is 1.89 bits per heavy atom. The van der Waals surface area contributed by atoms with Gasteiger partial charge in [0.2, 0.25) is 5.89 Å². The number of hydrogen-bond acceptors (Lipinski definition) is 3. The van der Waals surface area contributed by atoms with E-state index in [0.717, 1.165) is 16.7 Å². The molecule has 5 heteroatoms. The van der Waals surface area contributed by atoms with E-state index >= 15 is 0 Å². The lowest BCUT2D eigenvalue weighted by molar-refractivity contribution is -0.671. The van der Waals surface area contributed by atoms with Crippen molar-refractivity contribution in [3.05, 3.63) is 42.7 Å². The SMILES string of the molecule is C[n+]1ccc(-c2nc3cc(N)ccc3o2)cc1.[I-]. The van der Waals surface area contributed by atoms with Crippen molar-refractivity contribution in [2.75, 3.05) is 5.73 Å². The summed E-state index contributed by atoms with van der Waals surface area (Å²) in [5.41, 5.74) is 8.89. The monoisotopic (exact) mass is 353 g/mol. The van der Waals surface area contributed by atoms with E-state index < -0.39 is 0 Å². The van der Waals surface area contributed by atoms with Crippen LogP contribution in [0.25, 0.3) is 22.6 Å². The highest BCUT2D eigenvalue weighted by Gasteiger charge is 2.09. The molecular formula is C13H12IN3O. The highest BCUT2D eigenvalue weighted by molar-refractivity contribution is 5.79. The molecule has 0 amide bonds. The van der Waals surface area contributed by atoms with Gasteiger partial charge in [-0.1, -0.05) is 0 Å². The molecule has 0 unspecified atom stereocenters. The van der Waals surface area contributed by atoms with Crippen LogP contribution in [-0.2, 0) is 7.05 Å². The summed E-state index contributed by atoms with van der Waals surface area (Å²) in [5, 5.41) is 0. The largest absolute Gasteiger partial charge is 1.00 e. The molecule has 0 fully saturated rings. The Labute approximate surface area is 121 Å². The highest BCUT2D eigenvalue weighted by Crippen LogP contribution is 2.24. The zero-order valence-corrected chi connectivity index (χ0v) is 12.0. The molecular weight excluding hydrogens is 341 g/mol. The van der Waals surface area contributed by atoms with Crippen molar-refractivity contribution in [3.63, 3.8) is 0 Å². The van der Waals surface area contributed by atoms with Crippen molar-refractivity contribution in [3.8, 4) is 11.5 Å². The second-order valence-corrected chi connectivity index (χ2v) is 4.00. The van der Waals surface area contributed by atoms with Gasteiger partial charge in [-0.15, -0.1) is 0 Å². The second-order valence-electron chi connectivity index (χ2n) is 4.00. The number of fused-ring (bicyclic) bond motifs is 1. The third-order valence-corrected chi connectivity index (χ3v) is 2.64. The number of benzene rings is 1. The van der Waals surface area contributed by atoms with E-state index in [1.54, 1.807) is 0 Å². The van der Waals surface area contributed by atoms with Crippen LogP contribution in [0.4, 0.5) is 5.69 Å². The predicted octanol–water partition coefficient (Wildman–Crippen LogP) is -1.09. The quantitative estimate of drug-likeness (QED) is 0.344. The summed E-state index contributed by atoms with van der Waals surface area (Å²) < 4.78 is 7.64. The number of anilines is 1. The molecule has 0 aliphatic heterocycles. The minimum Gasteiger partial charge on any atom is -1.00 e. The van der Waals surface area contributed by atoms with Crippen LogP contribution in [0.15, 0.2) is 47.1 Å². The molecule has 4 nitrogen and oxygen atoms in total. The molecule has 0 aliphatic carbocycles. The number of nitrogens with zero attached hydrogens (tertiary/aromatic N) is 2. The molecule has 1 aromatic carbocycles. The topological polar surface area (TPSA) is 55.9 Å². The summed E-state index contributed by atoms with van der Waals surface area (Å²) in [4.78, 5) is 4.42. The third kappa shape index (κ3) is 2.31. The van der Waals surface area contributed by atoms with Gasteiger partial charge in [0, 0.05) is 23.4 Å². The summed E-state index contributed by atoms with van der Waals surface area (Å²) in [6.45, 7) is 0. The Kier molecular flexibility index (Phi) is 3.51. The van der Waals surface area contributed by atoms with E-state index in [1.165, 1.54) is 0 Å². The molecule has 0 spiro atoms. The molecule has 2 N–H and O–H groups in total. The van der Waals surface area contributed by atoms with Crippen LogP contribution in [0, 0.1) is 0 Å². The number of aryl methyl sites for hydroxylation is 1. The van der Waals surface area contributed by atoms with E-state index in [1.807, 2.05) is 54.3 Å². The standard InChI is InChI=1S/C13H12N3O.HI/c1-16-6-4-9(5-7-16)13-15-11-8-10(14)2-3-12(11)17-13;/h2-8H,14H2,1H3;1H/q+1;/p-1. The molecule has 0 bridgehead atoms. The molecule has 0 aliphatic rings. The lowest BCUT2D eigenvalue weighted by Crippen LogP contribution is -3.00. The van der Waals surface area contributed by atoms with Crippen LogP contribution in [0.5, 0.6) is 0 Å². The van der Waals surface area contributed by atoms with Crippen LogP contribution in [0.2, 0.25) is 0 Å². The average Bonchev–Trinajstić information content (AvgIpc) is 2.72. The molecule has 0 saturated carbocycles. The maximum atomic E-state index is 5.71. The van der Waals surface area contributed by atoms with Gasteiger partial charge in [-0.25, -0.2) is 9.55 Å². The van der Waals surface area contributed by atoms with E-state index in [0.29, 0.717) is 11.6 Å². The Bertz CT molecular complexity index is 676. The fourth-order valence-electron chi connectivity index (χ4n) is 1.71. The van der Waals surface area contributed by atoms with E-state index in [9.17, 15) is 0 Å². The number of halogens is 1. The molecule has 18 heavy (non-hydrogen) atoms. The second kappa shape index (κ2) is 4.93. The smallest absolute Gasteiger partial charge is 0.227 e. The van der Waals surface area contributed by atoms with E-state index in [2.05, 4.69) is 4.98 Å². The maximum absolute atomic E-state index is 5.71. The Morgan fingerprint density at radius 3 is 2.61 bits per heavy atom. The lowest BCUT2D eigenvalue weighted by Gasteiger charge is -1.91. The fraction of sp³-hybridized carbons (Fsp3) is 0.0769. The summed E-state index contributed by atoms with van der Waals surface area (Å²) in [6, 6.07) is 9.39. The highest BCUT2D eigenvalue weighted by atomic mass is 127. The molecule has 0 radical (unpaired) electrons. The van der Waals surface area contributed by atoms with Gasteiger partial charge in [-0.2, -0.15) is 0 Å². The molecule has 3 aromatic rings. The number of aromatic nitrogens is 2. The average molecular weight is 353 g/mol. The molecule has 0 saturated heterocycles. The van der Waals surface area contributed by atoms with Gasteiger partial charge in [0.05, 0.1) is 0 Å². The normalized spacial score (nSPS) is 10.3. The van der Waals surface area contributed by atoms with Crippen molar-refractivity contribution in [2.24, 2.45) is 7.05 Å². The van der Waals surface area contributed by atoms with Crippen molar-refractivity contribution in [1.82, 2.24) is 4.98 Å². The predicted molar refractivity (Wildman–Crippen MR) is 65.0 cm³/mol. The summed E-state index contributed by atoms with van der Waals surface area (Å²) in [6.07, 6.45) is 3.91. The summed E-state index contributed by atoms with van der Waals surface area (Å²) >= 11 is 0. The first-order chi connectivity index (χ1) is 8.22. The van der Waals surface area contributed by atoms with Gasteiger partial charge in [-0.3, -0.25) is 0 Å². The van der Waals surface area contributed by atoms with Crippen LogP contribution in [0.3, 0.4) is 0 Å². The minimum atomic E-state index is 0. The molecule has 92 valence electrons. The van der Waals surface area contributed by atoms with Gasteiger partial charge in [0.1, 0.15) is 12.6 Å². The summed E-state index contributed by atoms with van der Waals surface area (Å²) in [7, 11) is 1.97. The van der Waals surface area contributed by atoms with E-state index in [4.69, 9.17) is 10.2 Å². The Balaban J connectivity index is 0.00000120. The number of hydrogen-bond donors (Lipinski definition) is 1. The molecule has 3 rings (SSSR count). The van der Waals surface area contributed by atoms with Crippen molar-refractivity contribution in [1.29, 1.82) is 0 Å². The third-order valence-electron chi connectivity index (χ3n) is 2.64. The van der Waals surface area contributed by atoms with Crippen molar-refractivity contribution >= 4 is 16.8 Å². The van der Waals surface area contributed by atoms with Gasteiger partial charge < -0.3 is 34.1 Å². The van der Waals surface area contributed by atoms with Gasteiger partial charge in [0.15, 0.2) is 18.0 Å². The lowest BCUT2D eigenvalue weighted by atomic mass is 10.3. The van der Waals surface area contributed by atoms with Crippen molar-refractivity contribution in [2.45, 2.75) is 0 Å². The van der Waals surface area contributed by atoms with Gasteiger partial charge in [0.25, 0.3) is 0 Å². The Hall–Kier alpha value is -1.63. The van der Waals surface area contributed by atoms with Gasteiger partial charge in [-0.05, 0) is 18.2 Å². The number of rotatable bonds is 1. The first-order valence-corrected chi connectivity index (χ1v) is 5.34. The number of oxazole rings is 1. The van der Waals surface area contributed by atoms with Crippen LogP contribution >= 0.6 is 0 Å². The molecule has 2 aromatic heterocycles. The minimum absolute atomic E-state index is 0. The zero-order valence-electron chi connectivity index (χ0n) is 9.80. The van der Waals surface area contributed by atoms with E-state index in [-0.39, 0.29) is 24.0 Å². The number of pyridine rings is 1. The zero-order chi connectivity index (χ0) is 11.8. The Morgan fingerprint density at radius 1 is 1.17 bits per heavy atom. The first kappa shape index (κ1) is 12.8. The number of nitrogen functional groups attached to an aromatic ring is 1. The summed E-state index contributed by atoms with van der Waals surface area (Å²) in [5.74, 6) is 0.617.